The van der Waals surface area contributed by atoms with Crippen molar-refractivity contribution in [1.29, 1.82) is 0 Å². The largest absolute Gasteiger partial charge is 0.494 e. The zero-order valence-electron chi connectivity index (χ0n) is 14.9. The van der Waals surface area contributed by atoms with E-state index >= 15 is 0 Å². The lowest BCUT2D eigenvalue weighted by Crippen LogP contribution is -2.39. The van der Waals surface area contributed by atoms with Gasteiger partial charge in [0.05, 0.1) is 12.7 Å². The van der Waals surface area contributed by atoms with Crippen molar-refractivity contribution >= 4 is 17.4 Å². The lowest BCUT2D eigenvalue weighted by molar-refractivity contribution is -0.155. The van der Waals surface area contributed by atoms with Gasteiger partial charge in [-0.1, -0.05) is 35.9 Å². The number of benzene rings is 2. The van der Waals surface area contributed by atoms with Gasteiger partial charge in [-0.3, -0.25) is 4.79 Å². The van der Waals surface area contributed by atoms with Crippen LogP contribution in [0.5, 0.6) is 5.75 Å². The van der Waals surface area contributed by atoms with Crippen LogP contribution in [-0.4, -0.2) is 29.7 Å². The molecule has 0 unspecified atom stereocenters. The average Bonchev–Trinajstić information content (AvgIpc) is 2.63. The second-order valence-corrected chi connectivity index (χ2v) is 6.93. The molecule has 0 aromatic heterocycles. The van der Waals surface area contributed by atoms with Gasteiger partial charge in [-0.15, -0.1) is 0 Å². The van der Waals surface area contributed by atoms with Gasteiger partial charge in [0.2, 0.25) is 0 Å². The Morgan fingerprint density at radius 1 is 1.23 bits per heavy atom. The Morgan fingerprint density at radius 2 is 1.96 bits per heavy atom. The topological polar surface area (TPSA) is 55.8 Å². The maximum atomic E-state index is 11.7. The molecule has 1 aliphatic rings. The molecule has 1 N–H and O–H groups in total. The predicted octanol–water partition coefficient (Wildman–Crippen LogP) is 4.11. The second kappa shape index (κ2) is 8.21. The van der Waals surface area contributed by atoms with E-state index < -0.39 is 12.2 Å². The Labute approximate surface area is 158 Å². The first kappa shape index (κ1) is 18.9. The molecule has 3 rings (SSSR count). The van der Waals surface area contributed by atoms with Gasteiger partial charge < -0.3 is 14.6 Å². The average molecular weight is 375 g/mol. The second-order valence-electron chi connectivity index (χ2n) is 6.53. The fraction of sp³-hybridized carbons (Fsp3) is 0.381. The normalized spacial score (nSPS) is 23.1. The van der Waals surface area contributed by atoms with E-state index in [1.54, 1.807) is 6.92 Å². The number of carbonyl (C=O) groups excluding carboxylic acids is 1. The number of hydrogen-bond donors (Lipinski definition) is 1. The molecule has 0 aliphatic carbocycles. The maximum Gasteiger partial charge on any atom is 0.189 e. The third-order valence-electron chi connectivity index (χ3n) is 4.61. The Kier molecular flexibility index (Phi) is 5.97. The highest BCUT2D eigenvalue weighted by molar-refractivity contribution is 6.31. The lowest BCUT2D eigenvalue weighted by Gasteiger charge is -2.30. The number of aliphatic hydroxyl groups excluding tert-OH is 1. The van der Waals surface area contributed by atoms with E-state index in [-0.39, 0.29) is 18.3 Å². The number of aliphatic hydroxyl groups is 1. The fourth-order valence-electron chi connectivity index (χ4n) is 3.19. The van der Waals surface area contributed by atoms with Gasteiger partial charge in [0, 0.05) is 11.4 Å². The monoisotopic (exact) mass is 374 g/mol. The fourth-order valence-corrected chi connectivity index (χ4v) is 3.38. The molecule has 5 heteroatoms. The molecule has 2 aromatic carbocycles. The summed E-state index contributed by atoms with van der Waals surface area (Å²) in [5.74, 6) is 0.587. The molecule has 0 bridgehead atoms. The molecule has 1 heterocycles. The first-order chi connectivity index (χ1) is 12.5. The van der Waals surface area contributed by atoms with Gasteiger partial charge in [-0.25, -0.2) is 0 Å². The summed E-state index contributed by atoms with van der Waals surface area (Å²) >= 11 is 6.38. The van der Waals surface area contributed by atoms with Gasteiger partial charge in [0.15, 0.2) is 5.78 Å². The summed E-state index contributed by atoms with van der Waals surface area (Å²) < 4.78 is 11.2. The van der Waals surface area contributed by atoms with Crippen LogP contribution in [-0.2, 0) is 16.0 Å². The number of ether oxygens (including phenoxy) is 2. The van der Waals surface area contributed by atoms with E-state index in [2.05, 4.69) is 0 Å². The van der Waals surface area contributed by atoms with Crippen molar-refractivity contribution in [2.75, 3.05) is 6.61 Å². The van der Waals surface area contributed by atoms with Crippen molar-refractivity contribution in [2.24, 2.45) is 0 Å². The zero-order valence-corrected chi connectivity index (χ0v) is 15.7. The molecule has 2 aromatic rings. The van der Waals surface area contributed by atoms with Gasteiger partial charge in [0.25, 0.3) is 0 Å². The van der Waals surface area contributed by atoms with E-state index in [1.165, 1.54) is 0 Å². The molecule has 3 atom stereocenters. The first-order valence-electron chi connectivity index (χ1n) is 8.85. The minimum atomic E-state index is -0.978. The minimum Gasteiger partial charge on any atom is -0.494 e. The highest BCUT2D eigenvalue weighted by atomic mass is 35.5. The quantitative estimate of drug-likeness (QED) is 0.855. The van der Waals surface area contributed by atoms with E-state index in [0.29, 0.717) is 18.1 Å². The van der Waals surface area contributed by atoms with Crippen LogP contribution in [0.1, 0.15) is 43.1 Å². The molecule has 0 saturated carbocycles. The van der Waals surface area contributed by atoms with Crippen LogP contribution in [0.25, 0.3) is 0 Å². The van der Waals surface area contributed by atoms with Crippen LogP contribution in [0.15, 0.2) is 42.5 Å². The van der Waals surface area contributed by atoms with E-state index in [4.69, 9.17) is 21.1 Å². The number of carbonyl (C=O) groups is 1. The standard InChI is InChI=1S/C21H23ClO4/c1-3-25-17-7-4-14(5-8-17)10-16-11-15(6-9-18(16)22)20-12-19(23)21(24)13(2)26-20/h4-9,11,13,19-20,23H,3,10,12H2,1-2H3/t13-,19-,20-/m1/s1. The predicted molar refractivity (Wildman–Crippen MR) is 101 cm³/mol. The Bertz CT molecular complexity index is 758. The van der Waals surface area contributed by atoms with Gasteiger partial charge in [-0.2, -0.15) is 0 Å². The highest BCUT2D eigenvalue weighted by Crippen LogP contribution is 2.32. The molecular weight excluding hydrogens is 352 g/mol. The third kappa shape index (κ3) is 4.26. The van der Waals surface area contributed by atoms with Crippen LogP contribution < -0.4 is 4.74 Å². The zero-order chi connectivity index (χ0) is 18.7. The van der Waals surface area contributed by atoms with Gasteiger partial charge in [0.1, 0.15) is 18.0 Å². The van der Waals surface area contributed by atoms with Crippen LogP contribution in [0, 0.1) is 0 Å². The Balaban J connectivity index is 1.78. The number of ketones is 1. The molecular formula is C21H23ClO4. The van der Waals surface area contributed by atoms with Gasteiger partial charge in [-0.05, 0) is 55.2 Å². The van der Waals surface area contributed by atoms with Crippen molar-refractivity contribution in [1.82, 2.24) is 0 Å². The third-order valence-corrected chi connectivity index (χ3v) is 4.97. The van der Waals surface area contributed by atoms with E-state index in [9.17, 15) is 9.90 Å². The number of rotatable bonds is 5. The molecule has 138 valence electrons. The van der Waals surface area contributed by atoms with Crippen molar-refractivity contribution in [3.63, 3.8) is 0 Å². The summed E-state index contributed by atoms with van der Waals surface area (Å²) in [5, 5.41) is 10.6. The molecule has 26 heavy (non-hydrogen) atoms. The summed E-state index contributed by atoms with van der Waals surface area (Å²) in [6.07, 6.45) is -0.937. The summed E-state index contributed by atoms with van der Waals surface area (Å²) in [6.45, 7) is 4.27. The van der Waals surface area contributed by atoms with Crippen molar-refractivity contribution in [2.45, 2.75) is 45.0 Å². The number of Topliss-reactive ketones (excluding diaryl/α,β-unsaturated/α-hetero) is 1. The SMILES string of the molecule is CCOc1ccc(Cc2cc([C@H]3C[C@@H](O)C(=O)[C@@H](C)O3)ccc2Cl)cc1. The van der Waals surface area contributed by atoms with Gasteiger partial charge >= 0.3 is 0 Å². The lowest BCUT2D eigenvalue weighted by atomic mass is 9.93. The van der Waals surface area contributed by atoms with Crippen LogP contribution in [0.4, 0.5) is 0 Å². The minimum absolute atomic E-state index is 0.259. The Morgan fingerprint density at radius 3 is 2.62 bits per heavy atom. The number of hydrogen-bond acceptors (Lipinski definition) is 4. The summed E-state index contributed by atoms with van der Waals surface area (Å²) in [7, 11) is 0. The molecule has 1 fully saturated rings. The summed E-state index contributed by atoms with van der Waals surface area (Å²) in [4.78, 5) is 11.7. The molecule has 0 spiro atoms. The molecule has 4 nitrogen and oxygen atoms in total. The summed E-state index contributed by atoms with van der Waals surface area (Å²) in [5.41, 5.74) is 3.03. The molecule has 0 radical (unpaired) electrons. The summed E-state index contributed by atoms with van der Waals surface area (Å²) in [6, 6.07) is 13.7. The van der Waals surface area contributed by atoms with Crippen LogP contribution >= 0.6 is 11.6 Å². The van der Waals surface area contributed by atoms with Crippen molar-refractivity contribution in [3.8, 4) is 5.75 Å². The molecule has 1 aliphatic heterocycles. The highest BCUT2D eigenvalue weighted by Gasteiger charge is 2.34. The molecule has 1 saturated heterocycles. The molecule has 0 amide bonds. The van der Waals surface area contributed by atoms with Crippen LogP contribution in [0.3, 0.4) is 0 Å². The Hall–Kier alpha value is -1.88. The van der Waals surface area contributed by atoms with E-state index in [1.807, 2.05) is 49.4 Å². The smallest absolute Gasteiger partial charge is 0.189 e. The number of halogens is 1. The maximum absolute atomic E-state index is 11.7. The van der Waals surface area contributed by atoms with Crippen molar-refractivity contribution < 1.29 is 19.4 Å². The van der Waals surface area contributed by atoms with E-state index in [0.717, 1.165) is 22.4 Å². The van der Waals surface area contributed by atoms with Crippen LogP contribution in [0.2, 0.25) is 5.02 Å². The first-order valence-corrected chi connectivity index (χ1v) is 9.23. The van der Waals surface area contributed by atoms with Crippen molar-refractivity contribution in [3.05, 3.63) is 64.2 Å².